The topological polar surface area (TPSA) is 64.1 Å². The van der Waals surface area contributed by atoms with Crippen molar-refractivity contribution in [3.63, 3.8) is 0 Å². The lowest BCUT2D eigenvalue weighted by Crippen LogP contribution is -2.07. The Morgan fingerprint density at radius 2 is 2.33 bits per heavy atom. The molecule has 0 amide bonds. The molecule has 0 aromatic carbocycles. The predicted molar refractivity (Wildman–Crippen MR) is 76.9 cm³/mol. The maximum atomic E-state index is 8.94. The lowest BCUT2D eigenvalue weighted by Gasteiger charge is -2.08. The number of aliphatic hydroxyl groups excluding tert-OH is 1. The van der Waals surface area contributed by atoms with E-state index < -0.39 is 0 Å². The number of thiophene rings is 1. The first-order chi connectivity index (χ1) is 8.78. The van der Waals surface area contributed by atoms with Gasteiger partial charge in [0.15, 0.2) is 0 Å². The molecule has 0 unspecified atom stereocenters. The summed E-state index contributed by atoms with van der Waals surface area (Å²) >= 11 is 3.81. The van der Waals surface area contributed by atoms with Crippen molar-refractivity contribution in [2.24, 2.45) is 0 Å². The van der Waals surface area contributed by atoms with E-state index in [4.69, 9.17) is 10.8 Å². The minimum absolute atomic E-state index is 0.0584. The number of fused-ring (bicyclic) bond motifs is 1. The minimum Gasteiger partial charge on any atom is -0.394 e. The molecule has 6 heteroatoms. The van der Waals surface area contributed by atoms with Gasteiger partial charge in [0.25, 0.3) is 0 Å². The van der Waals surface area contributed by atoms with Gasteiger partial charge in [-0.25, -0.2) is 4.68 Å². The zero-order valence-electron chi connectivity index (χ0n) is 9.93. The van der Waals surface area contributed by atoms with Crippen LogP contribution in [0, 0.1) is 0 Å². The zero-order valence-corrected chi connectivity index (χ0v) is 11.6. The van der Waals surface area contributed by atoms with Crippen molar-refractivity contribution < 1.29 is 5.11 Å². The van der Waals surface area contributed by atoms with E-state index in [9.17, 15) is 0 Å². The number of thioether (sulfide) groups is 1. The van der Waals surface area contributed by atoms with Crippen LogP contribution in [0.4, 0.5) is 5.82 Å². The van der Waals surface area contributed by atoms with Crippen molar-refractivity contribution >= 4 is 28.9 Å². The number of aliphatic hydroxyl groups is 1. The van der Waals surface area contributed by atoms with Crippen molar-refractivity contribution in [2.75, 3.05) is 18.1 Å². The number of hydrogen-bond donors (Lipinski definition) is 2. The molecule has 0 aliphatic carbocycles. The molecule has 18 heavy (non-hydrogen) atoms. The number of nitrogens with zero attached hydrogens (tertiary/aromatic N) is 2. The monoisotopic (exact) mass is 281 g/mol. The fourth-order valence-corrected chi connectivity index (χ4v) is 4.43. The van der Waals surface area contributed by atoms with Gasteiger partial charge in [0.1, 0.15) is 11.5 Å². The molecule has 3 rings (SSSR count). The molecule has 0 saturated carbocycles. The second kappa shape index (κ2) is 4.95. The first-order valence-corrected chi connectivity index (χ1v) is 7.89. The Balaban J connectivity index is 1.94. The summed E-state index contributed by atoms with van der Waals surface area (Å²) in [6.45, 7) is 0.510. The van der Waals surface area contributed by atoms with Crippen LogP contribution in [0.15, 0.2) is 12.1 Å². The van der Waals surface area contributed by atoms with Gasteiger partial charge in [-0.05, 0) is 23.8 Å². The van der Waals surface area contributed by atoms with Crippen molar-refractivity contribution in [3.8, 4) is 10.6 Å². The van der Waals surface area contributed by atoms with Crippen molar-refractivity contribution in [1.29, 1.82) is 0 Å². The van der Waals surface area contributed by atoms with Gasteiger partial charge in [-0.1, -0.05) is 0 Å². The molecule has 3 N–H and O–H groups in total. The normalized spacial score (nSPS) is 14.7. The summed E-state index contributed by atoms with van der Waals surface area (Å²) in [6.07, 6.45) is 1.16. The number of hydrogen-bond acceptors (Lipinski definition) is 5. The molecule has 0 saturated heterocycles. The zero-order chi connectivity index (χ0) is 12.5. The van der Waals surface area contributed by atoms with Gasteiger partial charge in [0, 0.05) is 16.7 Å². The van der Waals surface area contributed by atoms with Crippen LogP contribution in [0.3, 0.4) is 0 Å². The van der Waals surface area contributed by atoms with Crippen molar-refractivity contribution in [3.05, 3.63) is 22.6 Å². The Kier molecular flexibility index (Phi) is 3.32. The molecule has 4 nitrogen and oxygen atoms in total. The number of aryl methyl sites for hydroxylation is 1. The van der Waals surface area contributed by atoms with E-state index in [-0.39, 0.29) is 6.61 Å². The first kappa shape index (κ1) is 12.1. The van der Waals surface area contributed by atoms with E-state index >= 15 is 0 Å². The molecule has 0 bridgehead atoms. The van der Waals surface area contributed by atoms with Crippen LogP contribution in [0.5, 0.6) is 0 Å². The summed E-state index contributed by atoms with van der Waals surface area (Å²) in [5.74, 6) is 2.94. The molecule has 96 valence electrons. The van der Waals surface area contributed by atoms with E-state index in [2.05, 4.69) is 11.2 Å². The highest BCUT2D eigenvalue weighted by atomic mass is 32.2. The van der Waals surface area contributed by atoms with E-state index in [1.54, 1.807) is 4.68 Å². The largest absolute Gasteiger partial charge is 0.394 e. The maximum Gasteiger partial charge on any atom is 0.122 e. The molecule has 1 aliphatic heterocycles. The lowest BCUT2D eigenvalue weighted by atomic mass is 10.2. The molecular weight excluding hydrogens is 266 g/mol. The highest BCUT2D eigenvalue weighted by molar-refractivity contribution is 7.98. The molecule has 3 heterocycles. The summed E-state index contributed by atoms with van der Waals surface area (Å²) in [5, 5.41) is 13.4. The second-order valence-corrected chi connectivity index (χ2v) is 6.50. The SMILES string of the molecule is Nc1cc(-c2cc3c(s2)CCSC3)nn1CCO. The van der Waals surface area contributed by atoms with Crippen LogP contribution in [-0.2, 0) is 18.7 Å². The molecule has 0 fully saturated rings. The van der Waals surface area contributed by atoms with Crippen LogP contribution in [0.2, 0.25) is 0 Å². The van der Waals surface area contributed by atoms with Crippen LogP contribution in [0.25, 0.3) is 10.6 Å². The second-order valence-electron chi connectivity index (χ2n) is 4.26. The predicted octanol–water partition coefficient (Wildman–Crippen LogP) is 1.98. The summed E-state index contributed by atoms with van der Waals surface area (Å²) in [7, 11) is 0. The Hall–Kier alpha value is -0.980. The lowest BCUT2D eigenvalue weighted by molar-refractivity contribution is 0.270. The summed E-state index contributed by atoms with van der Waals surface area (Å²) < 4.78 is 1.66. The molecule has 1 aliphatic rings. The van der Waals surface area contributed by atoms with Gasteiger partial charge in [0.05, 0.1) is 18.0 Å². The van der Waals surface area contributed by atoms with Gasteiger partial charge in [-0.15, -0.1) is 11.3 Å². The van der Waals surface area contributed by atoms with Crippen molar-refractivity contribution in [2.45, 2.75) is 18.7 Å². The highest BCUT2D eigenvalue weighted by Crippen LogP contribution is 2.36. The first-order valence-electron chi connectivity index (χ1n) is 5.92. The van der Waals surface area contributed by atoms with Crippen LogP contribution < -0.4 is 5.73 Å². The third kappa shape index (κ3) is 2.15. The molecule has 2 aromatic rings. The van der Waals surface area contributed by atoms with Crippen LogP contribution in [0.1, 0.15) is 10.4 Å². The average molecular weight is 281 g/mol. The third-order valence-corrected chi connectivity index (χ3v) is 5.27. The van der Waals surface area contributed by atoms with Gasteiger partial charge in [-0.3, -0.25) is 0 Å². The number of nitrogens with two attached hydrogens (primary N) is 1. The Labute approximate surface area is 114 Å². The third-order valence-electron chi connectivity index (χ3n) is 3.00. The number of anilines is 1. The maximum absolute atomic E-state index is 8.94. The smallest absolute Gasteiger partial charge is 0.122 e. The fourth-order valence-electron chi connectivity index (χ4n) is 2.10. The fraction of sp³-hybridized carbons (Fsp3) is 0.417. The van der Waals surface area contributed by atoms with E-state index in [0.29, 0.717) is 12.4 Å². The van der Waals surface area contributed by atoms with E-state index in [1.807, 2.05) is 29.2 Å². The Morgan fingerprint density at radius 1 is 1.44 bits per heavy atom. The summed E-state index contributed by atoms with van der Waals surface area (Å²) in [4.78, 5) is 2.67. The Morgan fingerprint density at radius 3 is 3.11 bits per heavy atom. The minimum atomic E-state index is 0.0584. The number of nitrogen functional groups attached to an aromatic ring is 1. The van der Waals surface area contributed by atoms with Gasteiger partial charge < -0.3 is 10.8 Å². The summed E-state index contributed by atoms with van der Waals surface area (Å²) in [5.41, 5.74) is 8.24. The number of rotatable bonds is 3. The molecule has 0 spiro atoms. The number of aromatic nitrogens is 2. The van der Waals surface area contributed by atoms with E-state index in [0.717, 1.165) is 17.9 Å². The molecule has 2 aromatic heterocycles. The standard InChI is InChI=1S/C12H15N3OS2/c13-12-6-9(14-15(12)2-3-16)11-5-8-7-17-4-1-10(8)18-11/h5-6,16H,1-4,7,13H2. The van der Waals surface area contributed by atoms with Gasteiger partial charge in [0.2, 0.25) is 0 Å². The average Bonchev–Trinajstić information content (AvgIpc) is 2.94. The summed E-state index contributed by atoms with van der Waals surface area (Å²) in [6, 6.07) is 4.12. The molecule has 0 atom stereocenters. The van der Waals surface area contributed by atoms with Gasteiger partial charge in [-0.2, -0.15) is 16.9 Å². The quantitative estimate of drug-likeness (QED) is 0.903. The van der Waals surface area contributed by atoms with Crippen LogP contribution in [-0.4, -0.2) is 27.2 Å². The molecule has 0 radical (unpaired) electrons. The Bertz CT molecular complexity index is 538. The van der Waals surface area contributed by atoms with Gasteiger partial charge >= 0.3 is 0 Å². The highest BCUT2D eigenvalue weighted by Gasteiger charge is 2.16. The van der Waals surface area contributed by atoms with Crippen molar-refractivity contribution in [1.82, 2.24) is 9.78 Å². The van der Waals surface area contributed by atoms with Crippen LogP contribution >= 0.6 is 23.1 Å². The molecular formula is C12H15N3OS2. The van der Waals surface area contributed by atoms with E-state index in [1.165, 1.54) is 21.1 Å².